The molecule has 1 spiro atoms. The highest BCUT2D eigenvalue weighted by Gasteiger charge is 2.64. The summed E-state index contributed by atoms with van der Waals surface area (Å²) in [6, 6.07) is 25.4. The predicted octanol–water partition coefficient (Wildman–Crippen LogP) is 6.26. The van der Waals surface area contributed by atoms with Crippen LogP contribution in [0.15, 0.2) is 94.1 Å². The van der Waals surface area contributed by atoms with Crippen LogP contribution in [0.1, 0.15) is 38.4 Å². The summed E-state index contributed by atoms with van der Waals surface area (Å²) in [5.41, 5.74) is 1.99. The van der Waals surface area contributed by atoms with Gasteiger partial charge in [-0.2, -0.15) is 0 Å². The third-order valence-electron chi connectivity index (χ3n) is 8.72. The highest BCUT2D eigenvalue weighted by Crippen LogP contribution is 2.53. The number of hydrogen-bond acceptors (Lipinski definition) is 6. The number of ether oxygens (including phenoxy) is 2. The molecule has 7 rings (SSSR count). The molecule has 0 bridgehead atoms. The van der Waals surface area contributed by atoms with E-state index in [-0.39, 0.29) is 24.4 Å². The first-order valence-corrected chi connectivity index (χ1v) is 14.9. The number of methoxy groups -OCH3 is 2. The molecule has 1 atom stereocenters. The number of fused-ring (bicyclic) bond motifs is 5. The molecular formula is C36H29ClN2O6. The second-order valence-electron chi connectivity index (χ2n) is 11.3. The molecule has 45 heavy (non-hydrogen) atoms. The number of para-hydroxylation sites is 1. The van der Waals surface area contributed by atoms with Crippen molar-refractivity contribution in [1.82, 2.24) is 4.90 Å². The van der Waals surface area contributed by atoms with Gasteiger partial charge in [0.2, 0.25) is 5.76 Å². The van der Waals surface area contributed by atoms with Gasteiger partial charge in [0, 0.05) is 17.1 Å². The minimum atomic E-state index is -1.72. The number of anilines is 1. The molecule has 1 aromatic heterocycles. The number of carbonyl (C=O) groups is 2. The van der Waals surface area contributed by atoms with Crippen molar-refractivity contribution in [2.75, 3.05) is 25.7 Å². The van der Waals surface area contributed by atoms with Crippen LogP contribution in [0, 0.1) is 6.92 Å². The Labute approximate surface area is 264 Å². The number of halogens is 1. The lowest BCUT2D eigenvalue weighted by Crippen LogP contribution is -2.53. The Hall–Kier alpha value is -5.08. The highest BCUT2D eigenvalue weighted by atomic mass is 35.5. The summed E-state index contributed by atoms with van der Waals surface area (Å²) in [5, 5.41) is 0.906. The Balaban J connectivity index is 1.42. The number of nitrogens with zero attached hydrogens (tertiary/aromatic N) is 2. The number of hydrogen-bond donors (Lipinski definition) is 0. The first-order valence-electron chi connectivity index (χ1n) is 14.5. The van der Waals surface area contributed by atoms with Crippen LogP contribution >= 0.6 is 11.6 Å². The van der Waals surface area contributed by atoms with Crippen molar-refractivity contribution in [3.8, 4) is 11.5 Å². The van der Waals surface area contributed by atoms with Crippen molar-refractivity contribution < 1.29 is 23.5 Å². The van der Waals surface area contributed by atoms with Crippen molar-refractivity contribution in [3.05, 3.63) is 134 Å². The van der Waals surface area contributed by atoms with Crippen LogP contribution in [0.3, 0.4) is 0 Å². The van der Waals surface area contributed by atoms with Crippen LogP contribution in [0.2, 0.25) is 5.02 Å². The van der Waals surface area contributed by atoms with Gasteiger partial charge < -0.3 is 23.7 Å². The van der Waals surface area contributed by atoms with Gasteiger partial charge in [0.25, 0.3) is 11.8 Å². The Morgan fingerprint density at radius 1 is 0.844 bits per heavy atom. The number of amides is 2. The molecule has 2 aliphatic rings. The first kappa shape index (κ1) is 28.7. The van der Waals surface area contributed by atoms with Crippen molar-refractivity contribution >= 4 is 40.1 Å². The van der Waals surface area contributed by atoms with Crippen LogP contribution in [0.5, 0.6) is 11.5 Å². The normalized spacial score (nSPS) is 16.9. The number of carbonyl (C=O) groups excluding carboxylic acids is 2. The summed E-state index contributed by atoms with van der Waals surface area (Å²) >= 11 is 6.14. The number of benzene rings is 4. The van der Waals surface area contributed by atoms with E-state index in [0.717, 1.165) is 16.7 Å². The fraction of sp³-hybridized carbons (Fsp3) is 0.194. The summed E-state index contributed by atoms with van der Waals surface area (Å²) < 4.78 is 17.1. The highest BCUT2D eigenvalue weighted by molar-refractivity contribution is 6.30. The van der Waals surface area contributed by atoms with Crippen molar-refractivity contribution in [2.45, 2.75) is 25.4 Å². The molecule has 0 radical (unpaired) electrons. The maximum Gasteiger partial charge on any atom is 0.291 e. The van der Waals surface area contributed by atoms with E-state index in [1.165, 1.54) is 4.90 Å². The van der Waals surface area contributed by atoms with Crippen molar-refractivity contribution in [1.29, 1.82) is 0 Å². The van der Waals surface area contributed by atoms with E-state index in [4.69, 9.17) is 25.5 Å². The molecule has 2 aliphatic heterocycles. The fourth-order valence-electron chi connectivity index (χ4n) is 6.61. The predicted molar refractivity (Wildman–Crippen MR) is 171 cm³/mol. The molecule has 3 heterocycles. The summed E-state index contributed by atoms with van der Waals surface area (Å²) in [5.74, 6) is 0.117. The molecule has 0 saturated carbocycles. The molecule has 0 aliphatic carbocycles. The lowest BCUT2D eigenvalue weighted by atomic mass is 9.83. The third-order valence-corrected chi connectivity index (χ3v) is 8.97. The van der Waals surface area contributed by atoms with Crippen LogP contribution in [0.25, 0.3) is 11.0 Å². The zero-order chi connectivity index (χ0) is 31.5. The number of rotatable bonds is 7. The molecule has 8 nitrogen and oxygen atoms in total. The van der Waals surface area contributed by atoms with E-state index < -0.39 is 22.8 Å². The molecule has 9 heteroatoms. The zero-order valence-electron chi connectivity index (χ0n) is 24.9. The molecule has 0 saturated heterocycles. The monoisotopic (exact) mass is 620 g/mol. The summed E-state index contributed by atoms with van der Waals surface area (Å²) in [4.78, 5) is 47.0. The molecular weight excluding hydrogens is 592 g/mol. The quantitative estimate of drug-likeness (QED) is 0.213. The molecule has 226 valence electrons. The standard InChI is InChI=1S/C36H29ClN2O6/c1-21-8-14-28-25(18-21)32(40)31-33(45-28)34(41)39(17-16-22-11-15-29(43-2)30(19-22)44-3)36(31)26-6-4-5-7-27(26)38(35(36)42)20-23-9-12-24(37)13-10-23/h4-15,18-19H,16-17,20H2,1-3H3. The molecule has 5 aromatic rings. The lowest BCUT2D eigenvalue weighted by Gasteiger charge is -2.34. The average molecular weight is 621 g/mol. The molecule has 4 aromatic carbocycles. The lowest BCUT2D eigenvalue weighted by molar-refractivity contribution is -0.126. The van der Waals surface area contributed by atoms with Gasteiger partial charge in [-0.25, -0.2) is 0 Å². The van der Waals surface area contributed by atoms with Gasteiger partial charge in [0.05, 0.1) is 37.4 Å². The summed E-state index contributed by atoms with van der Waals surface area (Å²) in [7, 11) is 3.13. The second-order valence-corrected chi connectivity index (χ2v) is 11.7. The Morgan fingerprint density at radius 3 is 2.33 bits per heavy atom. The first-order chi connectivity index (χ1) is 21.8. The Bertz CT molecular complexity index is 2070. The minimum absolute atomic E-state index is 0.0500. The minimum Gasteiger partial charge on any atom is -0.493 e. The summed E-state index contributed by atoms with van der Waals surface area (Å²) in [6.07, 6.45) is 0.376. The van der Waals surface area contributed by atoms with Gasteiger partial charge in [-0.15, -0.1) is 0 Å². The van der Waals surface area contributed by atoms with Crippen LogP contribution in [0.4, 0.5) is 5.69 Å². The average Bonchev–Trinajstić information content (AvgIpc) is 3.44. The van der Waals surface area contributed by atoms with Crippen LogP contribution < -0.4 is 19.8 Å². The molecule has 0 N–H and O–H groups in total. The fourth-order valence-corrected chi connectivity index (χ4v) is 6.74. The Morgan fingerprint density at radius 2 is 1.58 bits per heavy atom. The van der Waals surface area contributed by atoms with Crippen LogP contribution in [-0.4, -0.2) is 37.5 Å². The maximum atomic E-state index is 15.0. The Kier molecular flexibility index (Phi) is 6.89. The second kappa shape index (κ2) is 10.8. The zero-order valence-corrected chi connectivity index (χ0v) is 25.7. The van der Waals surface area contributed by atoms with Gasteiger partial charge in [0.1, 0.15) is 5.58 Å². The van der Waals surface area contributed by atoms with E-state index in [1.54, 1.807) is 49.5 Å². The van der Waals surface area contributed by atoms with Crippen molar-refractivity contribution in [2.24, 2.45) is 0 Å². The van der Waals surface area contributed by atoms with Gasteiger partial charge in [-0.3, -0.25) is 14.4 Å². The van der Waals surface area contributed by atoms with Crippen molar-refractivity contribution in [3.63, 3.8) is 0 Å². The summed E-state index contributed by atoms with van der Waals surface area (Å²) in [6.45, 7) is 2.23. The topological polar surface area (TPSA) is 89.3 Å². The maximum absolute atomic E-state index is 15.0. The van der Waals surface area contributed by atoms with E-state index >= 15 is 4.79 Å². The van der Waals surface area contributed by atoms with Gasteiger partial charge in [-0.1, -0.05) is 59.6 Å². The third kappa shape index (κ3) is 4.31. The number of aryl methyl sites for hydroxylation is 1. The molecule has 0 fully saturated rings. The van der Waals surface area contributed by atoms with Gasteiger partial charge >= 0.3 is 0 Å². The smallest absolute Gasteiger partial charge is 0.291 e. The molecule has 1 unspecified atom stereocenters. The van der Waals surface area contributed by atoms with E-state index in [1.807, 2.05) is 61.5 Å². The largest absolute Gasteiger partial charge is 0.493 e. The van der Waals surface area contributed by atoms with E-state index in [0.29, 0.717) is 45.2 Å². The van der Waals surface area contributed by atoms with E-state index in [9.17, 15) is 9.59 Å². The van der Waals surface area contributed by atoms with Gasteiger partial charge in [0.15, 0.2) is 22.5 Å². The van der Waals surface area contributed by atoms with E-state index in [2.05, 4.69) is 0 Å². The van der Waals surface area contributed by atoms with Gasteiger partial charge in [-0.05, 0) is 66.9 Å². The SMILES string of the molecule is COc1ccc(CCN2C(=O)c3oc4ccc(C)cc4c(=O)c3C23C(=O)N(Cc2ccc(Cl)cc2)c2ccccc23)cc1OC. The van der Waals surface area contributed by atoms with Crippen LogP contribution in [-0.2, 0) is 23.3 Å². The molecule has 2 amide bonds.